The fourth-order valence-electron chi connectivity index (χ4n) is 2.78. The first-order valence-corrected chi connectivity index (χ1v) is 9.50. The maximum atomic E-state index is 12.8. The van der Waals surface area contributed by atoms with Crippen molar-refractivity contribution in [3.05, 3.63) is 58.4 Å². The standard InChI is InChI=1S/C20H19ClN2O4S/c1-5-8-23-14-10-16(26-3)17(27-4)11-18(14)28-20(23)22-19(24)13-9-12(21)6-7-15(13)25-2/h5-7,9-11H,1,8H2,2-4H3. The fourth-order valence-corrected chi connectivity index (χ4v) is 4.00. The molecule has 1 heterocycles. The van der Waals surface area contributed by atoms with Crippen LogP contribution in [0.5, 0.6) is 17.2 Å². The summed E-state index contributed by atoms with van der Waals surface area (Å²) in [6, 6.07) is 8.57. The van der Waals surface area contributed by atoms with E-state index in [4.69, 9.17) is 25.8 Å². The van der Waals surface area contributed by atoms with Crippen molar-refractivity contribution >= 4 is 39.1 Å². The second-order valence-corrected chi connectivity index (χ2v) is 7.17. The number of methoxy groups -OCH3 is 3. The number of aromatic nitrogens is 1. The van der Waals surface area contributed by atoms with E-state index >= 15 is 0 Å². The molecule has 8 heteroatoms. The summed E-state index contributed by atoms with van der Waals surface area (Å²) in [4.78, 5) is 17.7. The number of thiazole rings is 1. The number of hydrogen-bond acceptors (Lipinski definition) is 5. The molecule has 146 valence electrons. The molecule has 0 aliphatic heterocycles. The molecule has 28 heavy (non-hydrogen) atoms. The second kappa shape index (κ2) is 8.50. The maximum absolute atomic E-state index is 12.8. The van der Waals surface area contributed by atoms with Crippen LogP contribution >= 0.6 is 22.9 Å². The molecule has 0 aliphatic rings. The Labute approximate surface area is 171 Å². The Morgan fingerprint density at radius 2 is 1.82 bits per heavy atom. The van der Waals surface area contributed by atoms with Gasteiger partial charge in [-0.3, -0.25) is 4.79 Å². The molecule has 0 saturated carbocycles. The van der Waals surface area contributed by atoms with E-state index in [-0.39, 0.29) is 0 Å². The number of fused-ring (bicyclic) bond motifs is 1. The Bertz CT molecular complexity index is 1120. The van der Waals surface area contributed by atoms with Crippen molar-refractivity contribution < 1.29 is 19.0 Å². The molecule has 0 atom stereocenters. The van der Waals surface area contributed by atoms with Gasteiger partial charge in [0.2, 0.25) is 0 Å². The fraction of sp³-hybridized carbons (Fsp3) is 0.200. The average molecular weight is 419 g/mol. The van der Waals surface area contributed by atoms with Gasteiger partial charge in [-0.05, 0) is 18.2 Å². The normalized spacial score (nSPS) is 11.5. The summed E-state index contributed by atoms with van der Waals surface area (Å²) in [5.74, 6) is 1.18. The Balaban J connectivity index is 2.21. The van der Waals surface area contributed by atoms with Crippen LogP contribution in [0.3, 0.4) is 0 Å². The Morgan fingerprint density at radius 1 is 1.14 bits per heavy atom. The largest absolute Gasteiger partial charge is 0.496 e. The molecule has 1 aromatic heterocycles. The molecule has 0 N–H and O–H groups in total. The number of allylic oxidation sites excluding steroid dienone is 1. The summed E-state index contributed by atoms with van der Waals surface area (Å²) in [5, 5.41) is 0.434. The average Bonchev–Trinajstić information content (AvgIpc) is 3.03. The highest BCUT2D eigenvalue weighted by atomic mass is 35.5. The minimum atomic E-state index is -0.442. The van der Waals surface area contributed by atoms with E-state index in [9.17, 15) is 4.79 Å². The number of halogens is 1. The van der Waals surface area contributed by atoms with Gasteiger partial charge >= 0.3 is 0 Å². The zero-order chi connectivity index (χ0) is 20.3. The molecule has 0 unspecified atom stereocenters. The van der Waals surface area contributed by atoms with Crippen molar-refractivity contribution in [2.75, 3.05) is 21.3 Å². The molecule has 2 aromatic carbocycles. The van der Waals surface area contributed by atoms with Crippen LogP contribution in [0.2, 0.25) is 5.02 Å². The van der Waals surface area contributed by atoms with Crippen molar-refractivity contribution in [1.29, 1.82) is 0 Å². The molecule has 0 bridgehead atoms. The number of benzene rings is 2. The first-order valence-electron chi connectivity index (χ1n) is 8.31. The zero-order valence-electron chi connectivity index (χ0n) is 15.7. The monoisotopic (exact) mass is 418 g/mol. The van der Waals surface area contributed by atoms with Gasteiger partial charge in [0.15, 0.2) is 16.3 Å². The molecule has 6 nitrogen and oxygen atoms in total. The van der Waals surface area contributed by atoms with Crippen molar-refractivity contribution in [3.8, 4) is 17.2 Å². The lowest BCUT2D eigenvalue weighted by Gasteiger charge is -2.08. The van der Waals surface area contributed by atoms with Crippen LogP contribution in [-0.4, -0.2) is 31.8 Å². The number of rotatable bonds is 6. The van der Waals surface area contributed by atoms with E-state index in [1.165, 1.54) is 18.4 Å². The Morgan fingerprint density at radius 3 is 2.46 bits per heavy atom. The van der Waals surface area contributed by atoms with Gasteiger partial charge in [-0.25, -0.2) is 0 Å². The minimum Gasteiger partial charge on any atom is -0.496 e. The third-order valence-corrected chi connectivity index (χ3v) is 5.37. The summed E-state index contributed by atoms with van der Waals surface area (Å²) in [6.45, 7) is 4.28. The molecule has 0 spiro atoms. The van der Waals surface area contributed by atoms with Gasteiger partial charge < -0.3 is 18.8 Å². The lowest BCUT2D eigenvalue weighted by molar-refractivity contribution is 0.0995. The van der Waals surface area contributed by atoms with Gasteiger partial charge in [0.25, 0.3) is 5.91 Å². The van der Waals surface area contributed by atoms with Gasteiger partial charge in [-0.15, -0.1) is 6.58 Å². The summed E-state index contributed by atoms with van der Waals surface area (Å²) < 4.78 is 18.8. The van der Waals surface area contributed by atoms with Crippen LogP contribution in [0.1, 0.15) is 10.4 Å². The molecular weight excluding hydrogens is 400 g/mol. The van der Waals surface area contributed by atoms with E-state index in [1.54, 1.807) is 38.5 Å². The number of amides is 1. The van der Waals surface area contributed by atoms with Gasteiger partial charge in [0, 0.05) is 23.7 Å². The van der Waals surface area contributed by atoms with Gasteiger partial charge in [-0.1, -0.05) is 29.0 Å². The molecule has 0 fully saturated rings. The first kappa shape index (κ1) is 20.0. The van der Waals surface area contributed by atoms with E-state index in [2.05, 4.69) is 11.6 Å². The van der Waals surface area contributed by atoms with Gasteiger partial charge in [0.05, 0.1) is 37.1 Å². The van der Waals surface area contributed by atoms with Crippen LogP contribution in [0.15, 0.2) is 48.0 Å². The highest BCUT2D eigenvalue weighted by Crippen LogP contribution is 2.33. The molecule has 3 aromatic rings. The van der Waals surface area contributed by atoms with Crippen LogP contribution in [0, 0.1) is 0 Å². The Hall–Kier alpha value is -2.77. The molecule has 0 saturated heterocycles. The summed E-state index contributed by atoms with van der Waals surface area (Å²) in [5.41, 5.74) is 1.17. The molecule has 0 aliphatic carbocycles. The first-order chi connectivity index (χ1) is 13.5. The number of carbonyl (C=O) groups excluding carboxylic acids is 1. The lowest BCUT2D eigenvalue weighted by atomic mass is 10.2. The maximum Gasteiger partial charge on any atom is 0.283 e. The predicted octanol–water partition coefficient (Wildman–Crippen LogP) is 4.31. The summed E-state index contributed by atoms with van der Waals surface area (Å²) in [7, 11) is 4.65. The number of hydrogen-bond donors (Lipinski definition) is 0. The molecular formula is C20H19ClN2O4S. The smallest absolute Gasteiger partial charge is 0.283 e. The van der Waals surface area contributed by atoms with Crippen molar-refractivity contribution in [3.63, 3.8) is 0 Å². The van der Waals surface area contributed by atoms with Crippen LogP contribution in [0.25, 0.3) is 10.2 Å². The van der Waals surface area contributed by atoms with Gasteiger partial charge in [0.1, 0.15) is 5.75 Å². The van der Waals surface area contributed by atoms with Crippen LogP contribution < -0.4 is 19.0 Å². The van der Waals surface area contributed by atoms with Gasteiger partial charge in [-0.2, -0.15) is 4.99 Å². The van der Waals surface area contributed by atoms with Crippen molar-refractivity contribution in [2.24, 2.45) is 4.99 Å². The molecule has 1 amide bonds. The van der Waals surface area contributed by atoms with Crippen molar-refractivity contribution in [2.45, 2.75) is 6.54 Å². The van der Waals surface area contributed by atoms with E-state index in [0.29, 0.717) is 39.2 Å². The highest BCUT2D eigenvalue weighted by molar-refractivity contribution is 7.16. The lowest BCUT2D eigenvalue weighted by Crippen LogP contribution is -2.16. The Kier molecular flexibility index (Phi) is 6.06. The third kappa shape index (κ3) is 3.76. The SMILES string of the molecule is C=CCn1c(=NC(=O)c2cc(Cl)ccc2OC)sc2cc(OC)c(OC)cc21. The topological polar surface area (TPSA) is 62.1 Å². The minimum absolute atomic E-state index is 0.299. The van der Waals surface area contributed by atoms with E-state index in [0.717, 1.165) is 10.2 Å². The number of carbonyl (C=O) groups is 1. The van der Waals surface area contributed by atoms with Crippen LogP contribution in [-0.2, 0) is 6.54 Å². The zero-order valence-corrected chi connectivity index (χ0v) is 17.3. The molecule has 0 radical (unpaired) electrons. The quantitative estimate of drug-likeness (QED) is 0.559. The van der Waals surface area contributed by atoms with E-state index < -0.39 is 5.91 Å². The second-order valence-electron chi connectivity index (χ2n) is 5.72. The summed E-state index contributed by atoms with van der Waals surface area (Å²) in [6.07, 6.45) is 1.74. The van der Waals surface area contributed by atoms with Crippen molar-refractivity contribution in [1.82, 2.24) is 4.57 Å². The molecule has 3 rings (SSSR count). The predicted molar refractivity (Wildman–Crippen MR) is 111 cm³/mol. The highest BCUT2D eigenvalue weighted by Gasteiger charge is 2.15. The number of nitrogens with zero attached hydrogens (tertiary/aromatic N) is 2. The summed E-state index contributed by atoms with van der Waals surface area (Å²) >= 11 is 7.41. The van der Waals surface area contributed by atoms with Crippen LogP contribution in [0.4, 0.5) is 0 Å². The van der Waals surface area contributed by atoms with E-state index in [1.807, 2.05) is 16.7 Å². The number of ether oxygens (including phenoxy) is 3. The third-order valence-electron chi connectivity index (χ3n) is 4.09.